The summed E-state index contributed by atoms with van der Waals surface area (Å²) in [5.74, 6) is 2.97. The Morgan fingerprint density at radius 2 is 1.84 bits per heavy atom. The lowest BCUT2D eigenvalue weighted by Gasteiger charge is -2.09. The van der Waals surface area contributed by atoms with Crippen molar-refractivity contribution < 1.29 is 9.15 Å². The third-order valence-electron chi connectivity index (χ3n) is 4.88. The SMILES string of the molecule is COc1ccc(-c2nc(CSc3nnc(-c4ccco4)n3Cc3ccccc3)cs2)cc1. The number of hydrogen-bond donors (Lipinski definition) is 0. The van der Waals surface area contributed by atoms with E-state index in [4.69, 9.17) is 14.1 Å². The van der Waals surface area contributed by atoms with Crippen LogP contribution in [0.3, 0.4) is 0 Å². The van der Waals surface area contributed by atoms with E-state index in [1.54, 1.807) is 36.5 Å². The molecular formula is C24H20N4O2S2. The van der Waals surface area contributed by atoms with Gasteiger partial charge in [-0.2, -0.15) is 0 Å². The summed E-state index contributed by atoms with van der Waals surface area (Å²) >= 11 is 3.26. The Kier molecular flexibility index (Phi) is 6.04. The minimum absolute atomic E-state index is 0.667. The molecule has 0 unspecified atom stereocenters. The van der Waals surface area contributed by atoms with Crippen molar-refractivity contribution in [2.75, 3.05) is 7.11 Å². The first-order valence-corrected chi connectivity index (χ1v) is 11.9. The van der Waals surface area contributed by atoms with Crippen molar-refractivity contribution in [3.05, 3.63) is 89.6 Å². The molecule has 0 N–H and O–H groups in total. The van der Waals surface area contributed by atoms with Crippen molar-refractivity contribution in [3.63, 3.8) is 0 Å². The number of thiazole rings is 1. The second-order valence-electron chi connectivity index (χ2n) is 7.02. The summed E-state index contributed by atoms with van der Waals surface area (Å²) in [4.78, 5) is 4.80. The Labute approximate surface area is 193 Å². The smallest absolute Gasteiger partial charge is 0.200 e. The third kappa shape index (κ3) is 4.46. The number of methoxy groups -OCH3 is 1. The van der Waals surface area contributed by atoms with E-state index in [1.807, 2.05) is 54.6 Å². The van der Waals surface area contributed by atoms with Crippen LogP contribution in [0.2, 0.25) is 0 Å². The van der Waals surface area contributed by atoms with Gasteiger partial charge in [0.15, 0.2) is 10.9 Å². The molecule has 0 fully saturated rings. The summed E-state index contributed by atoms with van der Waals surface area (Å²) < 4.78 is 12.9. The molecule has 8 heteroatoms. The Morgan fingerprint density at radius 3 is 2.59 bits per heavy atom. The minimum atomic E-state index is 0.667. The fourth-order valence-corrected chi connectivity index (χ4v) is 5.03. The highest BCUT2D eigenvalue weighted by atomic mass is 32.2. The normalized spacial score (nSPS) is 11.0. The van der Waals surface area contributed by atoms with Gasteiger partial charge in [-0.05, 0) is 42.0 Å². The molecule has 32 heavy (non-hydrogen) atoms. The molecule has 5 aromatic rings. The first kappa shape index (κ1) is 20.5. The molecule has 0 bridgehead atoms. The van der Waals surface area contributed by atoms with Gasteiger partial charge in [0.25, 0.3) is 0 Å². The number of hydrogen-bond acceptors (Lipinski definition) is 7. The third-order valence-corrected chi connectivity index (χ3v) is 6.82. The zero-order valence-corrected chi connectivity index (χ0v) is 19.0. The number of benzene rings is 2. The molecular weight excluding hydrogens is 440 g/mol. The monoisotopic (exact) mass is 460 g/mol. The van der Waals surface area contributed by atoms with Crippen LogP contribution in [-0.4, -0.2) is 26.9 Å². The molecule has 3 heterocycles. The maximum atomic E-state index is 5.59. The van der Waals surface area contributed by atoms with E-state index in [-0.39, 0.29) is 0 Å². The molecule has 0 aliphatic carbocycles. The first-order valence-electron chi connectivity index (χ1n) is 10.0. The molecule has 0 amide bonds. The van der Waals surface area contributed by atoms with Crippen LogP contribution in [0.25, 0.3) is 22.2 Å². The Morgan fingerprint density at radius 1 is 1.00 bits per heavy atom. The Bertz CT molecular complexity index is 1280. The summed E-state index contributed by atoms with van der Waals surface area (Å²) in [6, 6.07) is 22.0. The largest absolute Gasteiger partial charge is 0.497 e. The summed E-state index contributed by atoms with van der Waals surface area (Å²) in [5.41, 5.74) is 3.27. The van der Waals surface area contributed by atoms with Crippen LogP contribution in [0, 0.1) is 0 Å². The van der Waals surface area contributed by atoms with E-state index in [0.29, 0.717) is 18.1 Å². The summed E-state index contributed by atoms with van der Waals surface area (Å²) in [6.45, 7) is 0.667. The van der Waals surface area contributed by atoms with E-state index in [1.165, 1.54) is 5.56 Å². The summed E-state index contributed by atoms with van der Waals surface area (Å²) in [5, 5.41) is 12.8. The Balaban J connectivity index is 1.36. The first-order chi connectivity index (χ1) is 15.8. The summed E-state index contributed by atoms with van der Waals surface area (Å²) in [7, 11) is 1.67. The quantitative estimate of drug-likeness (QED) is 0.264. The van der Waals surface area contributed by atoms with Gasteiger partial charge in [0.2, 0.25) is 5.82 Å². The lowest BCUT2D eigenvalue weighted by molar-refractivity contribution is 0.415. The topological polar surface area (TPSA) is 66.0 Å². The number of aromatic nitrogens is 4. The van der Waals surface area contributed by atoms with Gasteiger partial charge in [0, 0.05) is 16.7 Å². The minimum Gasteiger partial charge on any atom is -0.497 e. The van der Waals surface area contributed by atoms with Gasteiger partial charge in [0.05, 0.1) is 25.6 Å². The predicted molar refractivity (Wildman–Crippen MR) is 127 cm³/mol. The maximum absolute atomic E-state index is 5.59. The number of nitrogens with zero attached hydrogens (tertiary/aromatic N) is 4. The number of thioether (sulfide) groups is 1. The molecule has 0 saturated carbocycles. The molecule has 0 saturated heterocycles. The number of furan rings is 1. The van der Waals surface area contributed by atoms with Crippen LogP contribution in [0.1, 0.15) is 11.3 Å². The van der Waals surface area contributed by atoms with Crippen molar-refractivity contribution in [2.24, 2.45) is 0 Å². The molecule has 2 aromatic carbocycles. The van der Waals surface area contributed by atoms with E-state index in [2.05, 4.69) is 32.3 Å². The van der Waals surface area contributed by atoms with Crippen molar-refractivity contribution in [2.45, 2.75) is 17.5 Å². The van der Waals surface area contributed by atoms with E-state index < -0.39 is 0 Å². The zero-order valence-electron chi connectivity index (χ0n) is 17.3. The molecule has 3 aromatic heterocycles. The zero-order chi connectivity index (χ0) is 21.8. The van der Waals surface area contributed by atoms with E-state index >= 15 is 0 Å². The number of ether oxygens (including phenoxy) is 1. The van der Waals surface area contributed by atoms with Gasteiger partial charge in [-0.1, -0.05) is 42.1 Å². The van der Waals surface area contributed by atoms with Crippen LogP contribution in [0.15, 0.2) is 87.9 Å². The van der Waals surface area contributed by atoms with Crippen LogP contribution in [-0.2, 0) is 12.3 Å². The highest BCUT2D eigenvalue weighted by molar-refractivity contribution is 7.98. The fraction of sp³-hybridized carbons (Fsp3) is 0.125. The molecule has 6 nitrogen and oxygen atoms in total. The lowest BCUT2D eigenvalue weighted by atomic mass is 10.2. The molecule has 0 atom stereocenters. The van der Waals surface area contributed by atoms with Gasteiger partial charge in [-0.3, -0.25) is 4.57 Å². The van der Waals surface area contributed by atoms with Crippen LogP contribution >= 0.6 is 23.1 Å². The van der Waals surface area contributed by atoms with E-state index in [0.717, 1.165) is 33.0 Å². The average molecular weight is 461 g/mol. The second-order valence-corrected chi connectivity index (χ2v) is 8.82. The van der Waals surface area contributed by atoms with Crippen molar-refractivity contribution >= 4 is 23.1 Å². The van der Waals surface area contributed by atoms with Gasteiger partial charge >= 0.3 is 0 Å². The van der Waals surface area contributed by atoms with Gasteiger partial charge < -0.3 is 9.15 Å². The molecule has 0 spiro atoms. The lowest BCUT2D eigenvalue weighted by Crippen LogP contribution is -2.04. The van der Waals surface area contributed by atoms with Crippen LogP contribution in [0.4, 0.5) is 0 Å². The number of rotatable bonds is 8. The van der Waals surface area contributed by atoms with Gasteiger partial charge in [-0.25, -0.2) is 4.98 Å². The van der Waals surface area contributed by atoms with Crippen molar-refractivity contribution in [1.82, 2.24) is 19.7 Å². The second kappa shape index (κ2) is 9.42. The van der Waals surface area contributed by atoms with E-state index in [9.17, 15) is 0 Å². The fourth-order valence-electron chi connectivity index (χ4n) is 3.27. The van der Waals surface area contributed by atoms with Gasteiger partial charge in [0.1, 0.15) is 10.8 Å². The average Bonchev–Trinajstić information content (AvgIpc) is 3.60. The van der Waals surface area contributed by atoms with Crippen LogP contribution in [0.5, 0.6) is 5.75 Å². The molecule has 5 rings (SSSR count). The molecule has 0 radical (unpaired) electrons. The molecule has 0 aliphatic heterocycles. The highest BCUT2D eigenvalue weighted by Gasteiger charge is 2.17. The summed E-state index contributed by atoms with van der Waals surface area (Å²) in [6.07, 6.45) is 1.65. The van der Waals surface area contributed by atoms with Gasteiger partial charge in [-0.15, -0.1) is 21.5 Å². The standard InChI is InChI=1S/C24H20N4O2S2/c1-29-20-11-9-18(10-12-20)23-25-19(15-31-23)16-32-24-27-26-22(21-8-5-13-30-21)28(24)14-17-6-3-2-4-7-17/h2-13,15H,14,16H2,1H3. The molecule has 0 aliphatic rings. The van der Waals surface area contributed by atoms with Crippen LogP contribution < -0.4 is 4.74 Å². The maximum Gasteiger partial charge on any atom is 0.200 e. The molecule has 160 valence electrons. The van der Waals surface area contributed by atoms with Crippen molar-refractivity contribution in [3.8, 4) is 27.9 Å². The van der Waals surface area contributed by atoms with Crippen molar-refractivity contribution in [1.29, 1.82) is 0 Å². The predicted octanol–water partition coefficient (Wildman–Crippen LogP) is 6.01. The Hall–Kier alpha value is -3.36. The highest BCUT2D eigenvalue weighted by Crippen LogP contribution is 2.30.